The van der Waals surface area contributed by atoms with Gasteiger partial charge in [0.15, 0.2) is 5.65 Å². The minimum Gasteiger partial charge on any atom is -0.372 e. The van der Waals surface area contributed by atoms with E-state index in [9.17, 15) is 14.0 Å². The molecule has 19 heavy (non-hydrogen) atoms. The molecule has 0 spiro atoms. The number of benzene rings is 1. The summed E-state index contributed by atoms with van der Waals surface area (Å²) >= 11 is 0. The summed E-state index contributed by atoms with van der Waals surface area (Å²) < 4.78 is 18.9. The van der Waals surface area contributed by atoms with Crippen LogP contribution in [0.25, 0.3) is 16.7 Å². The van der Waals surface area contributed by atoms with Crippen molar-refractivity contribution in [1.29, 1.82) is 0 Å². The van der Waals surface area contributed by atoms with E-state index in [1.165, 1.54) is 30.5 Å². The van der Waals surface area contributed by atoms with E-state index in [-0.39, 0.29) is 16.7 Å². The average Bonchev–Trinajstić information content (AvgIpc) is 2.39. The molecule has 3 aromatic rings. The van der Waals surface area contributed by atoms with Gasteiger partial charge >= 0.3 is 11.4 Å². The summed E-state index contributed by atoms with van der Waals surface area (Å²) in [6, 6.07) is 8.44. The van der Waals surface area contributed by atoms with E-state index in [0.717, 1.165) is 10.6 Å². The zero-order valence-electron chi connectivity index (χ0n) is 9.54. The predicted molar refractivity (Wildman–Crippen MR) is 65.8 cm³/mol. The van der Waals surface area contributed by atoms with Gasteiger partial charge in [0.25, 0.3) is 0 Å². The van der Waals surface area contributed by atoms with Crippen LogP contribution in [0.1, 0.15) is 0 Å². The third-order valence-corrected chi connectivity index (χ3v) is 2.65. The summed E-state index contributed by atoms with van der Waals surface area (Å²) in [5, 5.41) is 0.159. The highest BCUT2D eigenvalue weighted by Crippen LogP contribution is 2.12. The van der Waals surface area contributed by atoms with Crippen LogP contribution in [0.15, 0.2) is 56.6 Å². The molecule has 3 rings (SSSR count). The van der Waals surface area contributed by atoms with Gasteiger partial charge in [0.1, 0.15) is 11.2 Å². The molecule has 94 valence electrons. The SMILES string of the molecule is O=c1oc(=O)n(-c2cccc(F)c2)c2ncccc12. The molecule has 0 aliphatic rings. The van der Waals surface area contributed by atoms with Crippen molar-refractivity contribution in [2.24, 2.45) is 0 Å². The van der Waals surface area contributed by atoms with Gasteiger partial charge in [-0.2, -0.15) is 0 Å². The van der Waals surface area contributed by atoms with Crippen LogP contribution in [0.2, 0.25) is 0 Å². The summed E-state index contributed by atoms with van der Waals surface area (Å²) in [6.45, 7) is 0. The van der Waals surface area contributed by atoms with Gasteiger partial charge in [-0.3, -0.25) is 0 Å². The Bertz CT molecular complexity index is 883. The quantitative estimate of drug-likeness (QED) is 0.663. The normalized spacial score (nSPS) is 10.8. The fourth-order valence-electron chi connectivity index (χ4n) is 1.84. The molecule has 0 atom stereocenters. The molecule has 2 aromatic heterocycles. The molecule has 6 heteroatoms. The van der Waals surface area contributed by atoms with Crippen LogP contribution in [-0.2, 0) is 0 Å². The Morgan fingerprint density at radius 2 is 2.00 bits per heavy atom. The van der Waals surface area contributed by atoms with Crippen molar-refractivity contribution in [3.63, 3.8) is 0 Å². The molecule has 0 radical (unpaired) electrons. The van der Waals surface area contributed by atoms with Crippen molar-refractivity contribution < 1.29 is 8.81 Å². The predicted octanol–water partition coefficient (Wildman–Crippen LogP) is 1.48. The van der Waals surface area contributed by atoms with Crippen molar-refractivity contribution in [3.05, 3.63) is 69.4 Å². The summed E-state index contributed by atoms with van der Waals surface area (Å²) in [6.07, 6.45) is 1.44. The lowest BCUT2D eigenvalue weighted by atomic mass is 10.3. The first kappa shape index (κ1) is 11.3. The highest BCUT2D eigenvalue weighted by molar-refractivity contribution is 5.74. The van der Waals surface area contributed by atoms with Crippen LogP contribution < -0.4 is 11.4 Å². The van der Waals surface area contributed by atoms with Crippen LogP contribution in [-0.4, -0.2) is 9.55 Å². The first-order chi connectivity index (χ1) is 9.16. The first-order valence-corrected chi connectivity index (χ1v) is 5.43. The smallest absolute Gasteiger partial charge is 0.372 e. The second-order valence-corrected chi connectivity index (χ2v) is 3.85. The van der Waals surface area contributed by atoms with Crippen molar-refractivity contribution in [1.82, 2.24) is 9.55 Å². The van der Waals surface area contributed by atoms with E-state index in [1.54, 1.807) is 6.07 Å². The van der Waals surface area contributed by atoms with Crippen molar-refractivity contribution in [2.75, 3.05) is 0 Å². The number of hydrogen-bond donors (Lipinski definition) is 0. The zero-order chi connectivity index (χ0) is 13.4. The van der Waals surface area contributed by atoms with Crippen LogP contribution in [0.5, 0.6) is 0 Å². The Balaban J connectivity index is 2.48. The van der Waals surface area contributed by atoms with E-state index in [4.69, 9.17) is 0 Å². The molecule has 0 N–H and O–H groups in total. The maximum Gasteiger partial charge on any atom is 0.428 e. The molecule has 0 saturated carbocycles. The number of hydrogen-bond acceptors (Lipinski definition) is 4. The molecule has 0 saturated heterocycles. The number of halogens is 1. The largest absolute Gasteiger partial charge is 0.428 e. The van der Waals surface area contributed by atoms with E-state index in [2.05, 4.69) is 9.40 Å². The summed E-state index contributed by atoms with van der Waals surface area (Å²) in [5.74, 6) is -1.40. The van der Waals surface area contributed by atoms with Gasteiger partial charge in [-0.05, 0) is 30.3 Å². The maximum absolute atomic E-state index is 13.2. The molecule has 1 aromatic carbocycles. The maximum atomic E-state index is 13.2. The van der Waals surface area contributed by atoms with Crippen LogP contribution in [0.4, 0.5) is 4.39 Å². The van der Waals surface area contributed by atoms with Crippen molar-refractivity contribution >= 4 is 11.0 Å². The lowest BCUT2D eigenvalue weighted by Gasteiger charge is -2.06. The van der Waals surface area contributed by atoms with Crippen molar-refractivity contribution in [2.45, 2.75) is 0 Å². The Morgan fingerprint density at radius 3 is 2.79 bits per heavy atom. The van der Waals surface area contributed by atoms with E-state index < -0.39 is 17.2 Å². The Morgan fingerprint density at radius 1 is 1.16 bits per heavy atom. The minimum atomic E-state index is -0.901. The van der Waals surface area contributed by atoms with Gasteiger partial charge in [0.05, 0.1) is 5.69 Å². The number of rotatable bonds is 1. The van der Waals surface area contributed by atoms with Gasteiger partial charge in [-0.15, -0.1) is 0 Å². The second kappa shape index (κ2) is 4.16. The molecule has 0 aliphatic heterocycles. The van der Waals surface area contributed by atoms with E-state index >= 15 is 0 Å². The molecule has 0 unspecified atom stereocenters. The second-order valence-electron chi connectivity index (χ2n) is 3.85. The van der Waals surface area contributed by atoms with Gasteiger partial charge in [0, 0.05) is 6.20 Å². The topological polar surface area (TPSA) is 65.1 Å². The monoisotopic (exact) mass is 258 g/mol. The highest BCUT2D eigenvalue weighted by atomic mass is 19.1. The fourth-order valence-corrected chi connectivity index (χ4v) is 1.84. The van der Waals surface area contributed by atoms with Crippen LogP contribution >= 0.6 is 0 Å². The number of fused-ring (bicyclic) bond motifs is 1. The standard InChI is InChI=1S/C13H7FN2O3/c14-8-3-1-4-9(7-8)16-11-10(5-2-6-15-11)12(17)19-13(16)18/h1-7H. The van der Waals surface area contributed by atoms with E-state index in [1.807, 2.05) is 0 Å². The summed E-state index contributed by atoms with van der Waals surface area (Å²) in [7, 11) is 0. The average molecular weight is 258 g/mol. The fraction of sp³-hybridized carbons (Fsp3) is 0. The molecular weight excluding hydrogens is 251 g/mol. The molecular formula is C13H7FN2O3. The number of nitrogens with zero attached hydrogens (tertiary/aromatic N) is 2. The van der Waals surface area contributed by atoms with Crippen LogP contribution in [0.3, 0.4) is 0 Å². The molecule has 2 heterocycles. The third-order valence-electron chi connectivity index (χ3n) is 2.65. The number of aromatic nitrogens is 2. The number of pyridine rings is 1. The Hall–Kier alpha value is -2.76. The lowest BCUT2D eigenvalue weighted by molar-refractivity contribution is 0.443. The van der Waals surface area contributed by atoms with Gasteiger partial charge < -0.3 is 4.42 Å². The first-order valence-electron chi connectivity index (χ1n) is 5.43. The van der Waals surface area contributed by atoms with Crippen molar-refractivity contribution in [3.8, 4) is 5.69 Å². The van der Waals surface area contributed by atoms with Gasteiger partial charge in [-0.25, -0.2) is 23.5 Å². The van der Waals surface area contributed by atoms with Gasteiger partial charge in [-0.1, -0.05) is 6.07 Å². The zero-order valence-corrected chi connectivity index (χ0v) is 9.54. The molecule has 0 aliphatic carbocycles. The molecule has 0 amide bonds. The lowest BCUT2D eigenvalue weighted by Crippen LogP contribution is -2.24. The third kappa shape index (κ3) is 1.83. The highest BCUT2D eigenvalue weighted by Gasteiger charge is 2.12. The van der Waals surface area contributed by atoms with Gasteiger partial charge in [0.2, 0.25) is 0 Å². The van der Waals surface area contributed by atoms with E-state index in [0.29, 0.717) is 0 Å². The summed E-state index contributed by atoms with van der Waals surface area (Å²) in [5.41, 5.74) is -0.382. The molecule has 5 nitrogen and oxygen atoms in total. The summed E-state index contributed by atoms with van der Waals surface area (Å²) in [4.78, 5) is 27.3. The molecule has 0 bridgehead atoms. The minimum absolute atomic E-state index is 0.134. The molecule has 0 fully saturated rings. The van der Waals surface area contributed by atoms with Crippen LogP contribution in [0, 0.1) is 5.82 Å². The Kier molecular flexibility index (Phi) is 2.49. The Labute approximate surface area is 105 Å².